The third kappa shape index (κ3) is 4.73. The van der Waals surface area contributed by atoms with E-state index < -0.39 is 15.8 Å². The highest BCUT2D eigenvalue weighted by molar-refractivity contribution is 7.89. The minimum absolute atomic E-state index is 0.0384. The zero-order valence-corrected chi connectivity index (χ0v) is 14.1. The van der Waals surface area contributed by atoms with E-state index in [2.05, 4.69) is 5.32 Å². The second-order valence-electron chi connectivity index (χ2n) is 5.86. The molecule has 1 N–H and O–H groups in total. The number of nitrogens with one attached hydrogen (secondary N) is 1. The molecule has 23 heavy (non-hydrogen) atoms. The van der Waals surface area contributed by atoms with Crippen LogP contribution < -0.4 is 5.32 Å². The molecular weight excluding hydrogens is 321 g/mol. The fourth-order valence-electron chi connectivity index (χ4n) is 2.48. The number of piperazine rings is 1. The molecule has 2 rings (SSSR count). The number of benzene rings is 1. The zero-order valence-electron chi connectivity index (χ0n) is 13.3. The average molecular weight is 343 g/mol. The van der Waals surface area contributed by atoms with Gasteiger partial charge in [0.1, 0.15) is 5.82 Å². The lowest BCUT2D eigenvalue weighted by Crippen LogP contribution is -2.51. The molecule has 0 spiro atoms. The van der Waals surface area contributed by atoms with Crippen LogP contribution >= 0.6 is 0 Å². The lowest BCUT2D eigenvalue weighted by atomic mass is 10.3. The Hall–Kier alpha value is -1.51. The first kappa shape index (κ1) is 17.8. The Morgan fingerprint density at radius 2 is 1.91 bits per heavy atom. The van der Waals surface area contributed by atoms with Gasteiger partial charge in [-0.2, -0.15) is 4.31 Å². The fourth-order valence-corrected chi connectivity index (χ4v) is 3.93. The molecule has 1 saturated heterocycles. The zero-order chi connectivity index (χ0) is 17.0. The molecule has 128 valence electrons. The van der Waals surface area contributed by atoms with Crippen LogP contribution in [0.1, 0.15) is 13.8 Å². The van der Waals surface area contributed by atoms with E-state index in [9.17, 15) is 17.6 Å². The van der Waals surface area contributed by atoms with Gasteiger partial charge in [-0.25, -0.2) is 12.8 Å². The van der Waals surface area contributed by atoms with Gasteiger partial charge in [0.2, 0.25) is 15.9 Å². The van der Waals surface area contributed by atoms with Crippen molar-refractivity contribution in [2.24, 2.45) is 0 Å². The van der Waals surface area contributed by atoms with Crippen LogP contribution in [0, 0.1) is 5.82 Å². The van der Waals surface area contributed by atoms with Gasteiger partial charge in [-0.1, -0.05) is 6.07 Å². The first-order valence-electron chi connectivity index (χ1n) is 7.56. The largest absolute Gasteiger partial charge is 0.353 e. The molecule has 0 radical (unpaired) electrons. The van der Waals surface area contributed by atoms with Gasteiger partial charge < -0.3 is 5.32 Å². The molecule has 1 fully saturated rings. The van der Waals surface area contributed by atoms with E-state index in [1.54, 1.807) is 0 Å². The molecule has 0 bridgehead atoms. The van der Waals surface area contributed by atoms with Gasteiger partial charge in [0.15, 0.2) is 0 Å². The summed E-state index contributed by atoms with van der Waals surface area (Å²) in [5, 5.41) is 2.81. The second kappa shape index (κ2) is 7.37. The van der Waals surface area contributed by atoms with Crippen LogP contribution in [-0.2, 0) is 14.8 Å². The summed E-state index contributed by atoms with van der Waals surface area (Å²) in [6, 6.07) is 5.09. The number of sulfonamides is 1. The van der Waals surface area contributed by atoms with Gasteiger partial charge in [0, 0.05) is 32.2 Å². The summed E-state index contributed by atoms with van der Waals surface area (Å²) in [5.41, 5.74) is 0. The summed E-state index contributed by atoms with van der Waals surface area (Å²) in [4.78, 5) is 13.6. The maximum Gasteiger partial charge on any atom is 0.243 e. The van der Waals surface area contributed by atoms with Crippen molar-refractivity contribution < 1.29 is 17.6 Å². The predicted octanol–water partition coefficient (Wildman–Crippen LogP) is 0.657. The summed E-state index contributed by atoms with van der Waals surface area (Å²) in [5.74, 6) is -0.642. The van der Waals surface area contributed by atoms with Crippen molar-refractivity contribution in [1.82, 2.24) is 14.5 Å². The molecular formula is C15H22FN3O3S. The SMILES string of the molecule is CC(C)NC(=O)CN1CCN(S(=O)(=O)c2cccc(F)c2)CC1. The molecule has 0 saturated carbocycles. The molecule has 1 amide bonds. The second-order valence-corrected chi connectivity index (χ2v) is 7.80. The molecule has 0 aromatic heterocycles. The van der Waals surface area contributed by atoms with Gasteiger partial charge >= 0.3 is 0 Å². The fraction of sp³-hybridized carbons (Fsp3) is 0.533. The Kier molecular flexibility index (Phi) is 5.72. The number of hydrogen-bond donors (Lipinski definition) is 1. The van der Waals surface area contributed by atoms with Gasteiger partial charge in [0.05, 0.1) is 11.4 Å². The first-order valence-corrected chi connectivity index (χ1v) is 9.00. The average Bonchev–Trinajstić information content (AvgIpc) is 2.47. The summed E-state index contributed by atoms with van der Waals surface area (Å²) < 4.78 is 39.5. The molecule has 0 unspecified atom stereocenters. The molecule has 8 heteroatoms. The normalized spacial score (nSPS) is 17.4. The van der Waals surface area contributed by atoms with Crippen molar-refractivity contribution in [3.63, 3.8) is 0 Å². The first-order chi connectivity index (χ1) is 10.8. The number of carbonyl (C=O) groups is 1. The third-order valence-corrected chi connectivity index (χ3v) is 5.48. The topological polar surface area (TPSA) is 69.7 Å². The van der Waals surface area contributed by atoms with Crippen molar-refractivity contribution in [2.75, 3.05) is 32.7 Å². The Morgan fingerprint density at radius 1 is 1.26 bits per heavy atom. The number of carbonyl (C=O) groups excluding carboxylic acids is 1. The molecule has 1 aliphatic rings. The minimum atomic E-state index is -3.69. The minimum Gasteiger partial charge on any atom is -0.353 e. The molecule has 1 aromatic rings. The van der Waals surface area contributed by atoms with E-state index in [1.165, 1.54) is 22.5 Å². The van der Waals surface area contributed by atoms with E-state index in [-0.39, 0.29) is 36.5 Å². The lowest BCUT2D eigenvalue weighted by molar-refractivity contribution is -0.123. The molecule has 6 nitrogen and oxygen atoms in total. The summed E-state index contributed by atoms with van der Waals surface area (Å²) >= 11 is 0. The monoisotopic (exact) mass is 343 g/mol. The molecule has 0 aliphatic carbocycles. The number of hydrogen-bond acceptors (Lipinski definition) is 4. The van der Waals surface area contributed by atoms with Crippen molar-refractivity contribution in [2.45, 2.75) is 24.8 Å². The number of rotatable bonds is 5. The summed E-state index contributed by atoms with van der Waals surface area (Å²) in [6.07, 6.45) is 0. The summed E-state index contributed by atoms with van der Waals surface area (Å²) in [6.45, 7) is 5.55. The van der Waals surface area contributed by atoms with Gasteiger partial charge in [-0.15, -0.1) is 0 Å². The van der Waals surface area contributed by atoms with E-state index >= 15 is 0 Å². The molecule has 1 aromatic carbocycles. The quantitative estimate of drug-likeness (QED) is 0.853. The van der Waals surface area contributed by atoms with Crippen LogP contribution in [0.2, 0.25) is 0 Å². The van der Waals surface area contributed by atoms with Crippen LogP contribution in [0.15, 0.2) is 29.2 Å². The highest BCUT2D eigenvalue weighted by atomic mass is 32.2. The van der Waals surface area contributed by atoms with Gasteiger partial charge in [-0.05, 0) is 32.0 Å². The maximum absolute atomic E-state index is 13.2. The molecule has 1 heterocycles. The van der Waals surface area contributed by atoms with E-state index in [1.807, 2.05) is 18.7 Å². The maximum atomic E-state index is 13.2. The van der Waals surface area contributed by atoms with Gasteiger partial charge in [0.25, 0.3) is 0 Å². The molecule has 1 aliphatic heterocycles. The Bertz CT molecular complexity index is 656. The number of halogens is 1. The van der Waals surface area contributed by atoms with Crippen molar-refractivity contribution in [3.8, 4) is 0 Å². The Balaban J connectivity index is 1.95. The van der Waals surface area contributed by atoms with E-state index in [4.69, 9.17) is 0 Å². The highest BCUT2D eigenvalue weighted by Gasteiger charge is 2.29. The van der Waals surface area contributed by atoms with Crippen LogP contribution in [0.5, 0.6) is 0 Å². The summed E-state index contributed by atoms with van der Waals surface area (Å²) in [7, 11) is -3.69. The molecule has 0 atom stereocenters. The van der Waals surface area contributed by atoms with Crippen LogP contribution in [-0.4, -0.2) is 62.3 Å². The van der Waals surface area contributed by atoms with Crippen molar-refractivity contribution in [1.29, 1.82) is 0 Å². The van der Waals surface area contributed by atoms with Crippen LogP contribution in [0.25, 0.3) is 0 Å². The highest BCUT2D eigenvalue weighted by Crippen LogP contribution is 2.18. The van der Waals surface area contributed by atoms with Crippen LogP contribution in [0.3, 0.4) is 0 Å². The Morgan fingerprint density at radius 3 is 2.48 bits per heavy atom. The van der Waals surface area contributed by atoms with E-state index in [0.717, 1.165) is 6.07 Å². The third-order valence-electron chi connectivity index (χ3n) is 3.58. The van der Waals surface area contributed by atoms with Gasteiger partial charge in [-0.3, -0.25) is 9.69 Å². The predicted molar refractivity (Wildman–Crippen MR) is 84.9 cm³/mol. The van der Waals surface area contributed by atoms with E-state index in [0.29, 0.717) is 13.1 Å². The van der Waals surface area contributed by atoms with Crippen molar-refractivity contribution in [3.05, 3.63) is 30.1 Å². The Labute approximate surface area is 136 Å². The number of amides is 1. The number of nitrogens with zero attached hydrogens (tertiary/aromatic N) is 2. The van der Waals surface area contributed by atoms with Crippen LogP contribution in [0.4, 0.5) is 4.39 Å². The lowest BCUT2D eigenvalue weighted by Gasteiger charge is -2.33. The standard InChI is InChI=1S/C15H22FN3O3S/c1-12(2)17-15(20)11-18-6-8-19(9-7-18)23(21,22)14-5-3-4-13(16)10-14/h3-5,10,12H,6-9,11H2,1-2H3,(H,17,20). The van der Waals surface area contributed by atoms with Crippen molar-refractivity contribution >= 4 is 15.9 Å². The smallest absolute Gasteiger partial charge is 0.243 e.